The summed E-state index contributed by atoms with van der Waals surface area (Å²) in [5.41, 5.74) is 0.335. The number of benzene rings is 1. The summed E-state index contributed by atoms with van der Waals surface area (Å²) in [5, 5.41) is 3.13. The van der Waals surface area contributed by atoms with Crippen molar-refractivity contribution in [3.05, 3.63) is 51.5 Å². The minimum atomic E-state index is -0.516. The van der Waals surface area contributed by atoms with E-state index in [4.69, 9.17) is 4.74 Å². The smallest absolute Gasteiger partial charge is 0.261 e. The molecule has 0 saturated heterocycles. The third-order valence-corrected chi connectivity index (χ3v) is 6.57. The molecule has 29 heavy (non-hydrogen) atoms. The number of aromatic nitrogens is 3. The molecule has 6 nitrogen and oxygen atoms in total. The molecule has 1 fully saturated rings. The summed E-state index contributed by atoms with van der Waals surface area (Å²) in [6.45, 7) is 0. The first-order valence-corrected chi connectivity index (χ1v) is 11.0. The van der Waals surface area contributed by atoms with Crippen molar-refractivity contribution in [2.24, 2.45) is 5.92 Å². The fourth-order valence-corrected chi connectivity index (χ4v) is 4.90. The van der Waals surface area contributed by atoms with Crippen LogP contribution in [0.15, 0.2) is 40.9 Å². The molecular weight excluding hydrogens is 386 g/mol. The second-order valence-corrected chi connectivity index (χ2v) is 8.62. The van der Waals surface area contributed by atoms with Gasteiger partial charge in [-0.15, -0.1) is 11.3 Å². The number of ketones is 1. The van der Waals surface area contributed by atoms with Crippen molar-refractivity contribution in [2.45, 2.75) is 51.0 Å². The van der Waals surface area contributed by atoms with E-state index < -0.39 is 6.04 Å². The number of para-hydroxylation sites is 1. The maximum absolute atomic E-state index is 13.3. The molecule has 0 aliphatic heterocycles. The van der Waals surface area contributed by atoms with Gasteiger partial charge in [0.1, 0.15) is 11.3 Å². The predicted molar refractivity (Wildman–Crippen MR) is 114 cm³/mol. The van der Waals surface area contributed by atoms with Gasteiger partial charge in [0.25, 0.3) is 5.56 Å². The number of carbonyl (C=O) groups is 1. The Morgan fingerprint density at radius 2 is 2.10 bits per heavy atom. The molecule has 0 spiro atoms. The molecule has 4 rings (SSSR count). The van der Waals surface area contributed by atoms with Gasteiger partial charge >= 0.3 is 0 Å². The molecule has 152 valence electrons. The Hall–Kier alpha value is -2.54. The third-order valence-electron chi connectivity index (χ3n) is 5.79. The van der Waals surface area contributed by atoms with E-state index in [0.717, 1.165) is 17.8 Å². The topological polar surface area (TPSA) is 74.1 Å². The first-order valence-electron chi connectivity index (χ1n) is 10.1. The molecule has 1 aliphatic rings. The molecular formula is C22H25N3O3S. The molecule has 7 heteroatoms. The number of carbonyl (C=O) groups excluding carboxylic acids is 1. The van der Waals surface area contributed by atoms with Crippen molar-refractivity contribution in [3.8, 4) is 5.75 Å². The molecule has 0 radical (unpaired) electrons. The molecule has 1 atom stereocenters. The number of Topliss-reactive ketones (excluding diaryl/α,β-unsaturated/α-hetero) is 1. The summed E-state index contributed by atoms with van der Waals surface area (Å²) in [6.07, 6.45) is 10.0. The summed E-state index contributed by atoms with van der Waals surface area (Å²) in [4.78, 5) is 35.3. The zero-order valence-corrected chi connectivity index (χ0v) is 17.4. The van der Waals surface area contributed by atoms with Crippen molar-refractivity contribution in [1.29, 1.82) is 0 Å². The second kappa shape index (κ2) is 8.86. The first-order chi connectivity index (χ1) is 14.2. The molecule has 2 heterocycles. The van der Waals surface area contributed by atoms with Crippen LogP contribution in [0.3, 0.4) is 0 Å². The molecule has 2 aromatic heterocycles. The zero-order chi connectivity index (χ0) is 20.2. The maximum Gasteiger partial charge on any atom is 0.261 e. The lowest BCUT2D eigenvalue weighted by atomic mass is 9.83. The van der Waals surface area contributed by atoms with Gasteiger partial charge in [-0.05, 0) is 24.5 Å². The van der Waals surface area contributed by atoms with Crippen LogP contribution in [0.5, 0.6) is 5.75 Å². The Kier molecular flexibility index (Phi) is 6.04. The molecule has 3 aromatic rings. The Bertz CT molecular complexity index is 1040. The van der Waals surface area contributed by atoms with Gasteiger partial charge in [0.15, 0.2) is 5.78 Å². The van der Waals surface area contributed by atoms with E-state index in [9.17, 15) is 9.59 Å². The number of rotatable bonds is 7. The summed E-state index contributed by atoms with van der Waals surface area (Å²) >= 11 is 1.47. The fraction of sp³-hybridized carbons (Fsp3) is 0.455. The van der Waals surface area contributed by atoms with Crippen LogP contribution in [0.25, 0.3) is 10.9 Å². The molecule has 1 unspecified atom stereocenters. The minimum absolute atomic E-state index is 0.0247. The van der Waals surface area contributed by atoms with E-state index in [2.05, 4.69) is 9.97 Å². The predicted octanol–water partition coefficient (Wildman–Crippen LogP) is 4.18. The molecule has 1 aromatic carbocycles. The Morgan fingerprint density at radius 1 is 1.28 bits per heavy atom. The standard InChI is InChI=1S/C22H25N3O3S/c1-28-19-9-5-8-16-21(19)24-14-25(22(16)27)17(12-15-6-3-2-4-7-15)18(26)13-20-23-10-11-29-20/h5,8-11,14-15,17H,2-4,6-7,12-13H2,1H3. The van der Waals surface area contributed by atoms with E-state index >= 15 is 0 Å². The van der Waals surface area contributed by atoms with Crippen LogP contribution >= 0.6 is 11.3 Å². The first kappa shape index (κ1) is 19.8. The summed E-state index contributed by atoms with van der Waals surface area (Å²) in [6, 6.07) is 4.79. The van der Waals surface area contributed by atoms with Gasteiger partial charge in [-0.25, -0.2) is 9.97 Å². The number of hydrogen-bond acceptors (Lipinski definition) is 6. The van der Waals surface area contributed by atoms with Gasteiger partial charge in [-0.3, -0.25) is 14.2 Å². The highest BCUT2D eigenvalue weighted by Crippen LogP contribution is 2.32. The molecule has 1 aliphatic carbocycles. The van der Waals surface area contributed by atoms with Gasteiger partial charge in [0.2, 0.25) is 0 Å². The van der Waals surface area contributed by atoms with Crippen molar-refractivity contribution >= 4 is 28.0 Å². The highest BCUT2D eigenvalue weighted by atomic mass is 32.1. The average Bonchev–Trinajstić information content (AvgIpc) is 3.26. The third kappa shape index (κ3) is 4.24. The molecule has 1 saturated carbocycles. The maximum atomic E-state index is 13.3. The number of hydrogen-bond donors (Lipinski definition) is 0. The zero-order valence-electron chi connectivity index (χ0n) is 16.5. The van der Waals surface area contributed by atoms with Crippen molar-refractivity contribution < 1.29 is 9.53 Å². The second-order valence-electron chi connectivity index (χ2n) is 7.64. The molecule has 0 N–H and O–H groups in total. The number of methoxy groups -OCH3 is 1. The van der Waals surface area contributed by atoms with Crippen LogP contribution in [0.1, 0.15) is 49.6 Å². The van der Waals surface area contributed by atoms with Crippen LogP contribution in [0, 0.1) is 5.92 Å². The van der Waals surface area contributed by atoms with E-state index in [1.165, 1.54) is 41.5 Å². The average molecular weight is 412 g/mol. The Balaban J connectivity index is 1.72. The number of ether oxygens (including phenoxy) is 1. The van der Waals surface area contributed by atoms with Crippen LogP contribution in [-0.2, 0) is 11.2 Å². The summed E-state index contributed by atoms with van der Waals surface area (Å²) in [5.74, 6) is 1.04. The van der Waals surface area contributed by atoms with E-state index in [1.807, 2.05) is 5.38 Å². The van der Waals surface area contributed by atoms with Crippen LogP contribution < -0.4 is 10.3 Å². The van der Waals surface area contributed by atoms with Crippen LogP contribution in [0.4, 0.5) is 0 Å². The number of fused-ring (bicyclic) bond motifs is 1. The lowest BCUT2D eigenvalue weighted by Gasteiger charge is -2.27. The van der Waals surface area contributed by atoms with Crippen molar-refractivity contribution in [3.63, 3.8) is 0 Å². The quantitative estimate of drug-likeness (QED) is 0.583. The van der Waals surface area contributed by atoms with Gasteiger partial charge in [0, 0.05) is 11.6 Å². The van der Waals surface area contributed by atoms with E-state index in [1.54, 1.807) is 31.5 Å². The van der Waals surface area contributed by atoms with Crippen molar-refractivity contribution in [1.82, 2.24) is 14.5 Å². The monoisotopic (exact) mass is 411 g/mol. The van der Waals surface area contributed by atoms with Gasteiger partial charge in [-0.1, -0.05) is 38.2 Å². The van der Waals surface area contributed by atoms with Crippen molar-refractivity contribution in [2.75, 3.05) is 7.11 Å². The Morgan fingerprint density at radius 3 is 2.83 bits per heavy atom. The number of nitrogens with zero attached hydrogens (tertiary/aromatic N) is 3. The van der Waals surface area contributed by atoms with Crippen LogP contribution in [0.2, 0.25) is 0 Å². The molecule has 0 amide bonds. The lowest BCUT2D eigenvalue weighted by Crippen LogP contribution is -2.33. The highest BCUT2D eigenvalue weighted by molar-refractivity contribution is 7.09. The highest BCUT2D eigenvalue weighted by Gasteiger charge is 2.28. The van der Waals surface area contributed by atoms with Gasteiger partial charge < -0.3 is 4.74 Å². The number of thiazole rings is 1. The van der Waals surface area contributed by atoms with E-state index in [0.29, 0.717) is 29.0 Å². The van der Waals surface area contributed by atoms with Crippen LogP contribution in [-0.4, -0.2) is 27.4 Å². The summed E-state index contributed by atoms with van der Waals surface area (Å²) in [7, 11) is 1.56. The fourth-order valence-electron chi connectivity index (χ4n) is 4.27. The lowest BCUT2D eigenvalue weighted by molar-refractivity contribution is -0.122. The molecule has 0 bridgehead atoms. The Labute approximate surface area is 173 Å². The van der Waals surface area contributed by atoms with E-state index in [-0.39, 0.29) is 17.8 Å². The summed E-state index contributed by atoms with van der Waals surface area (Å²) < 4.78 is 6.87. The van der Waals surface area contributed by atoms with Gasteiger partial charge in [-0.2, -0.15) is 0 Å². The largest absolute Gasteiger partial charge is 0.494 e. The SMILES string of the molecule is COc1cccc2c(=O)n(C(CC3CCCCC3)C(=O)Cc3nccs3)cnc12. The van der Waals surface area contributed by atoms with Gasteiger partial charge in [0.05, 0.1) is 36.3 Å². The minimum Gasteiger partial charge on any atom is -0.494 e. The normalized spacial score (nSPS) is 16.0.